The van der Waals surface area contributed by atoms with Crippen LogP contribution in [0.3, 0.4) is 0 Å². The van der Waals surface area contributed by atoms with Crippen molar-refractivity contribution < 1.29 is 14.7 Å². The lowest BCUT2D eigenvalue weighted by Crippen LogP contribution is -2.60. The lowest BCUT2D eigenvalue weighted by atomic mass is 10.1. The highest BCUT2D eigenvalue weighted by atomic mass is 32.2. The highest BCUT2D eigenvalue weighted by Crippen LogP contribution is 2.41. The molecule has 2 unspecified atom stereocenters. The van der Waals surface area contributed by atoms with Gasteiger partial charge in [0.25, 0.3) is 5.91 Å². The summed E-state index contributed by atoms with van der Waals surface area (Å²) >= 11 is 1.48. The molecule has 0 radical (unpaired) electrons. The van der Waals surface area contributed by atoms with E-state index in [1.807, 2.05) is 30.3 Å². The number of hydrogen-bond donors (Lipinski definition) is 1. The van der Waals surface area contributed by atoms with Gasteiger partial charge in [-0.3, -0.25) is 14.7 Å². The first-order valence-electron chi connectivity index (χ1n) is 6.61. The van der Waals surface area contributed by atoms with E-state index in [1.54, 1.807) is 6.92 Å². The monoisotopic (exact) mass is 302 g/mol. The number of amides is 1. The molecule has 0 saturated carbocycles. The predicted molar refractivity (Wildman–Crippen MR) is 81.0 cm³/mol. The normalized spacial score (nSPS) is 24.4. The number of benzene rings is 1. The summed E-state index contributed by atoms with van der Waals surface area (Å²) in [5.41, 5.74) is 1.17. The standard InChI is InChI=1S/C15H14N2O3S/c1-2-10(15(19)20)17-13(18)12-14(17)21-11(16-12)8-9-6-4-3-5-7-9/h2-7,12,14H,8H2,1H3,(H,19,20). The zero-order valence-corrected chi connectivity index (χ0v) is 12.2. The van der Waals surface area contributed by atoms with Gasteiger partial charge in [-0.2, -0.15) is 0 Å². The Kier molecular flexibility index (Phi) is 3.55. The molecule has 2 aliphatic heterocycles. The van der Waals surface area contributed by atoms with Gasteiger partial charge in [0.1, 0.15) is 11.1 Å². The molecule has 0 aliphatic carbocycles. The first-order chi connectivity index (χ1) is 10.1. The van der Waals surface area contributed by atoms with Crippen molar-refractivity contribution >= 4 is 28.7 Å². The molecule has 1 amide bonds. The molecule has 1 saturated heterocycles. The van der Waals surface area contributed by atoms with Gasteiger partial charge in [0.15, 0.2) is 6.04 Å². The zero-order chi connectivity index (χ0) is 15.0. The van der Waals surface area contributed by atoms with Gasteiger partial charge >= 0.3 is 5.97 Å². The molecule has 5 nitrogen and oxygen atoms in total. The van der Waals surface area contributed by atoms with E-state index in [9.17, 15) is 9.59 Å². The second-order valence-corrected chi connectivity index (χ2v) is 6.02. The van der Waals surface area contributed by atoms with Crippen molar-refractivity contribution in [3.8, 4) is 0 Å². The number of carbonyl (C=O) groups is 2. The third-order valence-corrected chi connectivity index (χ3v) is 4.74. The molecule has 1 N–H and O–H groups in total. The van der Waals surface area contributed by atoms with Gasteiger partial charge < -0.3 is 5.11 Å². The smallest absolute Gasteiger partial charge is 0.352 e. The lowest BCUT2D eigenvalue weighted by molar-refractivity contribution is -0.147. The van der Waals surface area contributed by atoms with Crippen molar-refractivity contribution in [2.75, 3.05) is 0 Å². The average molecular weight is 302 g/mol. The molecule has 2 atom stereocenters. The molecule has 21 heavy (non-hydrogen) atoms. The van der Waals surface area contributed by atoms with Crippen LogP contribution >= 0.6 is 11.8 Å². The van der Waals surface area contributed by atoms with Crippen molar-refractivity contribution in [3.63, 3.8) is 0 Å². The Morgan fingerprint density at radius 3 is 2.76 bits per heavy atom. The fourth-order valence-electron chi connectivity index (χ4n) is 2.49. The van der Waals surface area contributed by atoms with Gasteiger partial charge in [-0.15, -0.1) is 0 Å². The van der Waals surface area contributed by atoms with Gasteiger partial charge in [0.05, 0.1) is 5.04 Å². The van der Waals surface area contributed by atoms with Crippen LogP contribution in [0.2, 0.25) is 0 Å². The quantitative estimate of drug-likeness (QED) is 0.681. The maximum absolute atomic E-state index is 12.0. The molecule has 3 rings (SSSR count). The van der Waals surface area contributed by atoms with E-state index in [1.165, 1.54) is 22.7 Å². The maximum Gasteiger partial charge on any atom is 0.352 e. The topological polar surface area (TPSA) is 70.0 Å². The molecule has 0 bridgehead atoms. The van der Waals surface area contributed by atoms with E-state index in [4.69, 9.17) is 5.11 Å². The first kappa shape index (κ1) is 13.9. The number of hydrogen-bond acceptors (Lipinski definition) is 4. The Hall–Kier alpha value is -2.08. The number of allylic oxidation sites excluding steroid dienone is 1. The van der Waals surface area contributed by atoms with Gasteiger partial charge in [-0.05, 0) is 12.5 Å². The molecule has 2 aliphatic rings. The first-order valence-corrected chi connectivity index (χ1v) is 7.49. The molecule has 1 aromatic rings. The third kappa shape index (κ3) is 2.35. The summed E-state index contributed by atoms with van der Waals surface area (Å²) in [4.78, 5) is 29.0. The molecular weight excluding hydrogens is 288 g/mol. The molecule has 6 heteroatoms. The van der Waals surface area contributed by atoms with Crippen LogP contribution in [0.1, 0.15) is 12.5 Å². The van der Waals surface area contributed by atoms with Gasteiger partial charge in [-0.1, -0.05) is 48.2 Å². The number of β-lactam (4-membered cyclic amide) rings is 1. The van der Waals surface area contributed by atoms with Gasteiger partial charge in [0, 0.05) is 6.42 Å². The minimum Gasteiger partial charge on any atom is -0.477 e. The summed E-state index contributed by atoms with van der Waals surface area (Å²) in [6.45, 7) is 1.62. The number of nitrogens with zero attached hydrogens (tertiary/aromatic N) is 2. The van der Waals surface area contributed by atoms with Crippen LogP contribution in [0, 0.1) is 0 Å². The third-order valence-electron chi connectivity index (χ3n) is 3.51. The Morgan fingerprint density at radius 1 is 1.43 bits per heavy atom. The van der Waals surface area contributed by atoms with E-state index in [0.29, 0.717) is 6.42 Å². The molecule has 108 valence electrons. The summed E-state index contributed by atoms with van der Waals surface area (Å²) in [5.74, 6) is -1.31. The second kappa shape index (κ2) is 5.37. The number of aliphatic imine (C=N–C) groups is 1. The van der Waals surface area contributed by atoms with E-state index in [2.05, 4.69) is 4.99 Å². The summed E-state index contributed by atoms with van der Waals surface area (Å²) < 4.78 is 0. The molecular formula is C15H14N2O3S. The minimum absolute atomic E-state index is 0.0323. The Labute approximate surface area is 126 Å². The number of fused-ring (bicyclic) bond motifs is 1. The van der Waals surface area contributed by atoms with E-state index in [-0.39, 0.29) is 17.0 Å². The summed E-state index contributed by atoms with van der Waals surface area (Å²) in [7, 11) is 0. The fraction of sp³-hybridized carbons (Fsp3) is 0.267. The number of carbonyl (C=O) groups excluding carboxylic acids is 1. The summed E-state index contributed by atoms with van der Waals surface area (Å²) in [5, 5.41) is 9.81. The van der Waals surface area contributed by atoms with Crippen molar-refractivity contribution in [2.24, 2.45) is 4.99 Å². The summed E-state index contributed by atoms with van der Waals surface area (Å²) in [6, 6.07) is 9.47. The van der Waals surface area contributed by atoms with E-state index < -0.39 is 12.0 Å². The fourth-order valence-corrected chi connectivity index (χ4v) is 3.82. The van der Waals surface area contributed by atoms with Crippen LogP contribution in [0.5, 0.6) is 0 Å². The number of aliphatic carboxylic acids is 1. The second-order valence-electron chi connectivity index (χ2n) is 4.83. The van der Waals surface area contributed by atoms with Crippen molar-refractivity contribution in [2.45, 2.75) is 24.8 Å². The van der Waals surface area contributed by atoms with Crippen LogP contribution in [-0.4, -0.2) is 38.3 Å². The molecule has 0 aromatic heterocycles. The van der Waals surface area contributed by atoms with Crippen LogP contribution in [-0.2, 0) is 16.0 Å². The minimum atomic E-state index is -1.08. The van der Waals surface area contributed by atoms with Crippen molar-refractivity contribution in [1.29, 1.82) is 0 Å². The summed E-state index contributed by atoms with van der Waals surface area (Å²) in [6.07, 6.45) is 2.13. The van der Waals surface area contributed by atoms with Crippen molar-refractivity contribution in [3.05, 3.63) is 47.7 Å². The Bertz CT molecular complexity index is 654. The highest BCUT2D eigenvalue weighted by molar-refractivity contribution is 8.14. The van der Waals surface area contributed by atoms with Crippen LogP contribution in [0.15, 0.2) is 47.1 Å². The molecule has 0 spiro atoms. The number of carboxylic acid groups (broad SMARTS) is 1. The predicted octanol–water partition coefficient (Wildman–Crippen LogP) is 1.90. The number of likely N-dealkylation sites (tertiary alicyclic amines) is 1. The number of carboxylic acids is 1. The van der Waals surface area contributed by atoms with Crippen molar-refractivity contribution in [1.82, 2.24) is 4.90 Å². The molecule has 1 aromatic carbocycles. The van der Waals surface area contributed by atoms with E-state index in [0.717, 1.165) is 10.6 Å². The number of rotatable bonds is 4. The SMILES string of the molecule is CC=C(C(=O)O)N1C(=O)C2N=C(Cc3ccccc3)SC21. The van der Waals surface area contributed by atoms with Gasteiger partial charge in [0.2, 0.25) is 0 Å². The van der Waals surface area contributed by atoms with Crippen LogP contribution < -0.4 is 0 Å². The van der Waals surface area contributed by atoms with Gasteiger partial charge in [-0.25, -0.2) is 4.79 Å². The van der Waals surface area contributed by atoms with Crippen LogP contribution in [0.4, 0.5) is 0 Å². The Morgan fingerprint density at radius 2 is 2.14 bits per heavy atom. The largest absolute Gasteiger partial charge is 0.477 e. The lowest BCUT2D eigenvalue weighted by Gasteiger charge is -2.40. The highest BCUT2D eigenvalue weighted by Gasteiger charge is 2.54. The maximum atomic E-state index is 12.0. The van der Waals surface area contributed by atoms with Crippen LogP contribution in [0.25, 0.3) is 0 Å². The molecule has 1 fully saturated rings. The Balaban J connectivity index is 1.73. The number of thioether (sulfide) groups is 1. The molecule has 2 heterocycles. The zero-order valence-electron chi connectivity index (χ0n) is 11.4. The average Bonchev–Trinajstić information content (AvgIpc) is 2.84. The van der Waals surface area contributed by atoms with E-state index >= 15 is 0 Å².